The molecule has 0 radical (unpaired) electrons. The summed E-state index contributed by atoms with van der Waals surface area (Å²) in [6, 6.07) is 15.4. The number of nitrogens with zero attached hydrogens (tertiary/aromatic N) is 3. The minimum Gasteiger partial charge on any atom is -0.372 e. The molecule has 2 N–H and O–H groups in total. The van der Waals surface area contributed by atoms with Gasteiger partial charge in [0.1, 0.15) is 5.82 Å². The highest BCUT2D eigenvalue weighted by molar-refractivity contribution is 6.04. The summed E-state index contributed by atoms with van der Waals surface area (Å²) in [5.74, 6) is 0.511. The Morgan fingerprint density at radius 3 is 2.46 bits per heavy atom. The Bertz CT molecular complexity index is 921. The standard InChI is InChI=1S/C22H23N5O/c28-22(26-19-3-5-20(6-4-19)27-13-1-2-14-27)18-9-12-24-21(15-18)25-16-17-7-10-23-11-8-17/h3-12,15H,1-2,13-14,16H2,(H,24,25)(H,26,28). The number of rotatable bonds is 6. The summed E-state index contributed by atoms with van der Waals surface area (Å²) in [5, 5.41) is 6.19. The molecule has 0 aliphatic carbocycles. The minimum atomic E-state index is -0.150. The lowest BCUT2D eigenvalue weighted by Crippen LogP contribution is -2.17. The number of carbonyl (C=O) groups is 1. The van der Waals surface area contributed by atoms with E-state index in [4.69, 9.17) is 0 Å². The van der Waals surface area contributed by atoms with Crippen LogP contribution < -0.4 is 15.5 Å². The predicted molar refractivity (Wildman–Crippen MR) is 112 cm³/mol. The van der Waals surface area contributed by atoms with Gasteiger partial charge in [-0.2, -0.15) is 0 Å². The van der Waals surface area contributed by atoms with Crippen molar-refractivity contribution >= 4 is 23.1 Å². The first kappa shape index (κ1) is 18.0. The Labute approximate surface area is 164 Å². The van der Waals surface area contributed by atoms with E-state index in [1.165, 1.54) is 18.5 Å². The summed E-state index contributed by atoms with van der Waals surface area (Å²) in [6.45, 7) is 2.84. The van der Waals surface area contributed by atoms with Crippen LogP contribution >= 0.6 is 0 Å². The molecule has 0 atom stereocenters. The molecule has 142 valence electrons. The smallest absolute Gasteiger partial charge is 0.255 e. The summed E-state index contributed by atoms with van der Waals surface area (Å²) in [7, 11) is 0. The van der Waals surface area contributed by atoms with Crippen LogP contribution in [0.2, 0.25) is 0 Å². The van der Waals surface area contributed by atoms with E-state index < -0.39 is 0 Å². The van der Waals surface area contributed by atoms with E-state index in [1.807, 2.05) is 24.3 Å². The molecule has 0 spiro atoms. The Morgan fingerprint density at radius 2 is 1.71 bits per heavy atom. The quantitative estimate of drug-likeness (QED) is 0.685. The molecule has 28 heavy (non-hydrogen) atoms. The van der Waals surface area contributed by atoms with Gasteiger partial charge in [0.25, 0.3) is 5.91 Å². The van der Waals surface area contributed by atoms with Crippen molar-refractivity contribution in [2.45, 2.75) is 19.4 Å². The molecule has 1 fully saturated rings. The molecule has 1 aromatic carbocycles. The lowest BCUT2D eigenvalue weighted by molar-refractivity contribution is 0.102. The average molecular weight is 373 g/mol. The molecule has 6 nitrogen and oxygen atoms in total. The zero-order chi connectivity index (χ0) is 19.2. The fourth-order valence-electron chi connectivity index (χ4n) is 3.30. The topological polar surface area (TPSA) is 70.2 Å². The number of carbonyl (C=O) groups excluding carboxylic acids is 1. The Hall–Kier alpha value is -3.41. The van der Waals surface area contributed by atoms with Gasteiger partial charge in [0, 0.05) is 55.2 Å². The number of amides is 1. The van der Waals surface area contributed by atoms with Gasteiger partial charge in [0.2, 0.25) is 0 Å². The molecule has 2 aromatic heterocycles. The van der Waals surface area contributed by atoms with E-state index in [-0.39, 0.29) is 5.91 Å². The van der Waals surface area contributed by atoms with E-state index in [2.05, 4.69) is 37.6 Å². The van der Waals surface area contributed by atoms with Crippen LogP contribution in [-0.2, 0) is 6.54 Å². The molecule has 6 heteroatoms. The van der Waals surface area contributed by atoms with Crippen LogP contribution in [0.3, 0.4) is 0 Å². The number of benzene rings is 1. The predicted octanol–water partition coefficient (Wildman–Crippen LogP) is 3.94. The van der Waals surface area contributed by atoms with Crippen molar-refractivity contribution in [3.63, 3.8) is 0 Å². The van der Waals surface area contributed by atoms with E-state index in [0.717, 1.165) is 24.3 Å². The lowest BCUT2D eigenvalue weighted by Gasteiger charge is -2.17. The Morgan fingerprint density at radius 1 is 0.964 bits per heavy atom. The number of aromatic nitrogens is 2. The monoisotopic (exact) mass is 373 g/mol. The summed E-state index contributed by atoms with van der Waals surface area (Å²) in [5.41, 5.74) is 3.67. The second-order valence-electron chi connectivity index (χ2n) is 6.83. The summed E-state index contributed by atoms with van der Waals surface area (Å²) < 4.78 is 0. The normalized spacial score (nSPS) is 13.4. The number of nitrogens with one attached hydrogen (secondary N) is 2. The van der Waals surface area contributed by atoms with Crippen molar-refractivity contribution in [1.82, 2.24) is 9.97 Å². The maximum absolute atomic E-state index is 12.6. The van der Waals surface area contributed by atoms with Crippen LogP contribution in [0.1, 0.15) is 28.8 Å². The third kappa shape index (κ3) is 4.46. The van der Waals surface area contributed by atoms with Gasteiger partial charge in [-0.1, -0.05) is 0 Å². The third-order valence-electron chi connectivity index (χ3n) is 4.84. The first-order valence-electron chi connectivity index (χ1n) is 9.53. The second-order valence-corrected chi connectivity index (χ2v) is 6.83. The zero-order valence-electron chi connectivity index (χ0n) is 15.6. The second kappa shape index (κ2) is 8.52. The van der Waals surface area contributed by atoms with E-state index >= 15 is 0 Å². The fraction of sp³-hybridized carbons (Fsp3) is 0.227. The molecule has 0 bridgehead atoms. The fourth-order valence-corrected chi connectivity index (χ4v) is 3.30. The van der Waals surface area contributed by atoms with Crippen molar-refractivity contribution in [2.24, 2.45) is 0 Å². The molecule has 1 saturated heterocycles. The number of hydrogen-bond donors (Lipinski definition) is 2. The van der Waals surface area contributed by atoms with Gasteiger partial charge in [-0.15, -0.1) is 0 Å². The minimum absolute atomic E-state index is 0.150. The molecule has 1 aliphatic heterocycles. The molecule has 0 saturated carbocycles. The summed E-state index contributed by atoms with van der Waals surface area (Å²) >= 11 is 0. The molecule has 3 heterocycles. The Balaban J connectivity index is 1.37. The van der Waals surface area contributed by atoms with Crippen LogP contribution in [-0.4, -0.2) is 29.0 Å². The van der Waals surface area contributed by atoms with E-state index in [0.29, 0.717) is 17.9 Å². The highest BCUT2D eigenvalue weighted by Crippen LogP contribution is 2.22. The molecule has 1 amide bonds. The summed E-state index contributed by atoms with van der Waals surface area (Å²) in [4.78, 5) is 23.3. The van der Waals surface area contributed by atoms with Gasteiger partial charge < -0.3 is 15.5 Å². The van der Waals surface area contributed by atoms with Gasteiger partial charge in [0.05, 0.1) is 0 Å². The van der Waals surface area contributed by atoms with Crippen molar-refractivity contribution in [2.75, 3.05) is 28.6 Å². The zero-order valence-corrected chi connectivity index (χ0v) is 15.6. The first-order valence-corrected chi connectivity index (χ1v) is 9.53. The molecular weight excluding hydrogens is 350 g/mol. The number of anilines is 3. The van der Waals surface area contributed by atoms with Crippen molar-refractivity contribution in [3.05, 3.63) is 78.2 Å². The molecule has 3 aromatic rings. The van der Waals surface area contributed by atoms with Crippen molar-refractivity contribution < 1.29 is 4.79 Å². The van der Waals surface area contributed by atoms with Crippen LogP contribution in [0.4, 0.5) is 17.2 Å². The average Bonchev–Trinajstić information content (AvgIpc) is 3.29. The highest BCUT2D eigenvalue weighted by Gasteiger charge is 2.12. The SMILES string of the molecule is O=C(Nc1ccc(N2CCCC2)cc1)c1ccnc(NCc2ccncc2)c1. The maximum Gasteiger partial charge on any atom is 0.255 e. The van der Waals surface area contributed by atoms with E-state index in [1.54, 1.807) is 30.7 Å². The van der Waals surface area contributed by atoms with Crippen molar-refractivity contribution in [1.29, 1.82) is 0 Å². The van der Waals surface area contributed by atoms with Gasteiger partial charge in [-0.25, -0.2) is 4.98 Å². The number of pyridine rings is 2. The largest absolute Gasteiger partial charge is 0.372 e. The van der Waals surface area contributed by atoms with E-state index in [9.17, 15) is 4.79 Å². The molecule has 0 unspecified atom stereocenters. The maximum atomic E-state index is 12.6. The molecular formula is C22H23N5O. The Kier molecular flexibility index (Phi) is 5.47. The van der Waals surface area contributed by atoms with Gasteiger partial charge in [0.15, 0.2) is 0 Å². The molecule has 4 rings (SSSR count). The van der Waals surface area contributed by atoms with Gasteiger partial charge in [-0.05, 0) is 66.9 Å². The summed E-state index contributed by atoms with van der Waals surface area (Å²) in [6.07, 6.45) is 7.64. The van der Waals surface area contributed by atoms with Crippen molar-refractivity contribution in [3.8, 4) is 0 Å². The molecule has 1 aliphatic rings. The lowest BCUT2D eigenvalue weighted by atomic mass is 10.2. The van der Waals surface area contributed by atoms with Gasteiger partial charge >= 0.3 is 0 Å². The number of hydrogen-bond acceptors (Lipinski definition) is 5. The first-order chi connectivity index (χ1) is 13.8. The van der Waals surface area contributed by atoms with Gasteiger partial charge in [-0.3, -0.25) is 9.78 Å². The van der Waals surface area contributed by atoms with Crippen LogP contribution in [0.25, 0.3) is 0 Å². The van der Waals surface area contributed by atoms with Crippen LogP contribution in [0.15, 0.2) is 67.1 Å². The third-order valence-corrected chi connectivity index (χ3v) is 4.84. The highest BCUT2D eigenvalue weighted by atomic mass is 16.1. The van der Waals surface area contributed by atoms with Crippen LogP contribution in [0, 0.1) is 0 Å². The van der Waals surface area contributed by atoms with Crippen LogP contribution in [0.5, 0.6) is 0 Å².